The number of hydrogen-bond acceptors (Lipinski definition) is 2. The van der Waals surface area contributed by atoms with Crippen molar-refractivity contribution >= 4 is 5.97 Å². The van der Waals surface area contributed by atoms with Gasteiger partial charge in [-0.25, -0.2) is 0 Å². The molecular formula is C18H17F3O3. The highest BCUT2D eigenvalue weighted by molar-refractivity contribution is 5.73. The van der Waals surface area contributed by atoms with Crippen molar-refractivity contribution in [3.8, 4) is 16.9 Å². The van der Waals surface area contributed by atoms with Gasteiger partial charge < -0.3 is 9.84 Å². The van der Waals surface area contributed by atoms with Crippen LogP contribution in [0.4, 0.5) is 13.2 Å². The molecule has 2 rings (SSSR count). The summed E-state index contributed by atoms with van der Waals surface area (Å²) in [5.41, 5.74) is 1.59. The number of benzene rings is 2. The number of aliphatic carboxylic acids is 1. The number of halogens is 3. The number of alkyl halides is 3. The number of methoxy groups -OCH3 is 1. The highest BCUT2D eigenvalue weighted by Crippen LogP contribution is 2.36. The lowest BCUT2D eigenvalue weighted by Crippen LogP contribution is -2.07. The summed E-state index contributed by atoms with van der Waals surface area (Å²) in [6, 6.07) is 8.50. The fourth-order valence-electron chi connectivity index (χ4n) is 2.53. The van der Waals surface area contributed by atoms with Crippen LogP contribution in [0.1, 0.15) is 23.1 Å². The first-order chi connectivity index (χ1) is 11.2. The molecule has 128 valence electrons. The molecule has 0 spiro atoms. The van der Waals surface area contributed by atoms with Gasteiger partial charge in [-0.3, -0.25) is 4.79 Å². The highest BCUT2D eigenvalue weighted by Gasteiger charge is 2.31. The van der Waals surface area contributed by atoms with Gasteiger partial charge >= 0.3 is 12.1 Å². The van der Waals surface area contributed by atoms with E-state index in [1.165, 1.54) is 13.2 Å². The number of aryl methyl sites for hydroxylation is 2. The fraction of sp³-hybridized carbons (Fsp3) is 0.278. The first kappa shape index (κ1) is 17.8. The van der Waals surface area contributed by atoms with E-state index in [0.717, 1.165) is 17.7 Å². The van der Waals surface area contributed by atoms with E-state index >= 15 is 0 Å². The maximum atomic E-state index is 13.0. The van der Waals surface area contributed by atoms with Crippen LogP contribution in [-0.2, 0) is 17.4 Å². The maximum Gasteiger partial charge on any atom is 0.416 e. The summed E-state index contributed by atoms with van der Waals surface area (Å²) in [5.74, 6) is -0.386. The topological polar surface area (TPSA) is 46.5 Å². The van der Waals surface area contributed by atoms with Crippen LogP contribution < -0.4 is 4.74 Å². The number of carboxylic acids is 1. The molecule has 0 fully saturated rings. The zero-order chi connectivity index (χ0) is 17.9. The Morgan fingerprint density at radius 1 is 1.12 bits per heavy atom. The lowest BCUT2D eigenvalue weighted by molar-refractivity contribution is -0.138. The molecule has 0 amide bonds. The third kappa shape index (κ3) is 4.07. The van der Waals surface area contributed by atoms with Gasteiger partial charge in [0.15, 0.2) is 0 Å². The minimum absolute atomic E-state index is 0.145. The zero-order valence-electron chi connectivity index (χ0n) is 13.3. The molecule has 24 heavy (non-hydrogen) atoms. The van der Waals surface area contributed by atoms with Gasteiger partial charge in [0.1, 0.15) is 5.75 Å². The van der Waals surface area contributed by atoms with Crippen LogP contribution in [0.15, 0.2) is 36.4 Å². The summed E-state index contributed by atoms with van der Waals surface area (Å²) >= 11 is 0. The van der Waals surface area contributed by atoms with Gasteiger partial charge in [-0.15, -0.1) is 0 Å². The van der Waals surface area contributed by atoms with Gasteiger partial charge in [0.05, 0.1) is 12.7 Å². The summed E-state index contributed by atoms with van der Waals surface area (Å²) in [4.78, 5) is 10.8. The SMILES string of the molecule is COc1ccc(-c2cc(C(F)(F)F)ccc2CCC(=O)O)c(C)c1. The van der Waals surface area contributed by atoms with E-state index in [1.807, 2.05) is 0 Å². The van der Waals surface area contributed by atoms with Crippen molar-refractivity contribution in [1.82, 2.24) is 0 Å². The van der Waals surface area contributed by atoms with Crippen molar-refractivity contribution in [3.63, 3.8) is 0 Å². The van der Waals surface area contributed by atoms with E-state index in [-0.39, 0.29) is 12.8 Å². The van der Waals surface area contributed by atoms with E-state index in [0.29, 0.717) is 22.4 Å². The van der Waals surface area contributed by atoms with Crippen molar-refractivity contribution in [1.29, 1.82) is 0 Å². The van der Waals surface area contributed by atoms with E-state index in [9.17, 15) is 18.0 Å². The quantitative estimate of drug-likeness (QED) is 0.859. The molecule has 0 aliphatic heterocycles. The molecule has 3 nitrogen and oxygen atoms in total. The molecular weight excluding hydrogens is 321 g/mol. The molecule has 0 saturated carbocycles. The Morgan fingerprint density at radius 3 is 2.38 bits per heavy atom. The molecule has 0 atom stereocenters. The van der Waals surface area contributed by atoms with Crippen LogP contribution in [-0.4, -0.2) is 18.2 Å². The minimum atomic E-state index is -4.46. The van der Waals surface area contributed by atoms with Crippen molar-refractivity contribution in [2.24, 2.45) is 0 Å². The molecule has 0 radical (unpaired) electrons. The second-order valence-electron chi connectivity index (χ2n) is 5.44. The lowest BCUT2D eigenvalue weighted by Gasteiger charge is -2.16. The molecule has 0 aliphatic rings. The molecule has 2 aromatic rings. The third-order valence-electron chi connectivity index (χ3n) is 3.77. The number of rotatable bonds is 5. The Balaban J connectivity index is 2.56. The molecule has 6 heteroatoms. The van der Waals surface area contributed by atoms with Gasteiger partial charge in [-0.05, 0) is 59.9 Å². The molecule has 0 aromatic heterocycles. The van der Waals surface area contributed by atoms with Crippen LogP contribution in [0.2, 0.25) is 0 Å². The van der Waals surface area contributed by atoms with Gasteiger partial charge in [-0.1, -0.05) is 12.1 Å². The first-order valence-corrected chi connectivity index (χ1v) is 7.29. The summed E-state index contributed by atoms with van der Waals surface area (Å²) in [5, 5.41) is 8.85. The Bertz CT molecular complexity index is 752. The van der Waals surface area contributed by atoms with E-state index in [2.05, 4.69) is 0 Å². The number of ether oxygens (including phenoxy) is 1. The van der Waals surface area contributed by atoms with Crippen LogP contribution in [0.25, 0.3) is 11.1 Å². The van der Waals surface area contributed by atoms with Gasteiger partial charge in [-0.2, -0.15) is 13.2 Å². The van der Waals surface area contributed by atoms with E-state index < -0.39 is 17.7 Å². The fourth-order valence-corrected chi connectivity index (χ4v) is 2.53. The number of carboxylic acid groups (broad SMARTS) is 1. The van der Waals surface area contributed by atoms with Crippen molar-refractivity contribution in [2.45, 2.75) is 25.9 Å². The van der Waals surface area contributed by atoms with Crippen LogP contribution in [0, 0.1) is 6.92 Å². The summed E-state index contributed by atoms with van der Waals surface area (Å²) < 4.78 is 44.2. The molecule has 0 bridgehead atoms. The maximum absolute atomic E-state index is 13.0. The Labute approximate surface area is 137 Å². The molecule has 1 N–H and O–H groups in total. The smallest absolute Gasteiger partial charge is 0.416 e. The lowest BCUT2D eigenvalue weighted by atomic mass is 9.92. The predicted octanol–water partition coefficient (Wildman–Crippen LogP) is 4.71. The van der Waals surface area contributed by atoms with Crippen LogP contribution in [0.3, 0.4) is 0 Å². The average Bonchev–Trinajstić information content (AvgIpc) is 2.51. The Morgan fingerprint density at radius 2 is 1.83 bits per heavy atom. The summed E-state index contributed by atoms with van der Waals surface area (Å²) in [6.45, 7) is 1.78. The second-order valence-corrected chi connectivity index (χ2v) is 5.44. The normalized spacial score (nSPS) is 11.4. The monoisotopic (exact) mass is 338 g/mol. The van der Waals surface area contributed by atoms with E-state index in [4.69, 9.17) is 9.84 Å². The van der Waals surface area contributed by atoms with Crippen molar-refractivity contribution in [3.05, 3.63) is 53.1 Å². The number of hydrogen-bond donors (Lipinski definition) is 1. The van der Waals surface area contributed by atoms with Crippen molar-refractivity contribution in [2.75, 3.05) is 7.11 Å². The summed E-state index contributed by atoms with van der Waals surface area (Å²) in [7, 11) is 1.51. The van der Waals surface area contributed by atoms with E-state index in [1.54, 1.807) is 25.1 Å². The molecule has 0 heterocycles. The van der Waals surface area contributed by atoms with Gasteiger partial charge in [0.25, 0.3) is 0 Å². The largest absolute Gasteiger partial charge is 0.497 e. The molecule has 0 saturated heterocycles. The van der Waals surface area contributed by atoms with Gasteiger partial charge in [0.2, 0.25) is 0 Å². The van der Waals surface area contributed by atoms with Crippen molar-refractivity contribution < 1.29 is 27.8 Å². The zero-order valence-corrected chi connectivity index (χ0v) is 13.3. The predicted molar refractivity (Wildman–Crippen MR) is 84.1 cm³/mol. The van der Waals surface area contributed by atoms with Crippen LogP contribution >= 0.6 is 0 Å². The summed E-state index contributed by atoms with van der Waals surface area (Å²) in [6.07, 6.45) is -4.44. The molecule has 0 aliphatic carbocycles. The van der Waals surface area contributed by atoms with Crippen LogP contribution in [0.5, 0.6) is 5.75 Å². The first-order valence-electron chi connectivity index (χ1n) is 7.29. The average molecular weight is 338 g/mol. The number of carbonyl (C=O) groups is 1. The molecule has 0 unspecified atom stereocenters. The molecule has 2 aromatic carbocycles. The minimum Gasteiger partial charge on any atom is -0.497 e. The Hall–Kier alpha value is -2.50. The third-order valence-corrected chi connectivity index (χ3v) is 3.77. The highest BCUT2D eigenvalue weighted by atomic mass is 19.4. The van der Waals surface area contributed by atoms with Gasteiger partial charge in [0, 0.05) is 6.42 Å². The standard InChI is InChI=1S/C18H17F3O3/c1-11-9-14(24-2)6-7-15(11)16-10-13(18(19,20)21)5-3-12(16)4-8-17(22)23/h3,5-7,9-10H,4,8H2,1-2H3,(H,22,23). The second kappa shape index (κ2) is 6.95. The Kier molecular flexibility index (Phi) is 5.17.